The van der Waals surface area contributed by atoms with Crippen molar-refractivity contribution in [2.45, 2.75) is 45.8 Å². The molecule has 0 fully saturated rings. The van der Waals surface area contributed by atoms with E-state index in [9.17, 15) is 4.79 Å². The summed E-state index contributed by atoms with van der Waals surface area (Å²) < 4.78 is 20.0. The molecule has 1 aliphatic heterocycles. The van der Waals surface area contributed by atoms with Crippen molar-refractivity contribution in [1.82, 2.24) is 14.8 Å². The molecule has 0 saturated carbocycles. The smallest absolute Gasteiger partial charge is 0.255 e. The van der Waals surface area contributed by atoms with Crippen LogP contribution in [0, 0.1) is 0 Å². The van der Waals surface area contributed by atoms with E-state index in [1.165, 1.54) is 11.8 Å². The minimum atomic E-state index is -0.574. The number of anilines is 2. The molecule has 1 unspecified atom stereocenters. The van der Waals surface area contributed by atoms with Crippen molar-refractivity contribution in [3.8, 4) is 17.2 Å². The number of allylic oxidation sites excluding steroid dienone is 1. The highest BCUT2D eigenvalue weighted by Crippen LogP contribution is 2.43. The number of carbonyl (C=O) groups excluding carboxylic acids is 1. The first-order valence-electron chi connectivity index (χ1n) is 12.6. The van der Waals surface area contributed by atoms with Crippen LogP contribution in [0.25, 0.3) is 0 Å². The van der Waals surface area contributed by atoms with Crippen LogP contribution in [0.3, 0.4) is 0 Å². The highest BCUT2D eigenvalue weighted by molar-refractivity contribution is 9.10. The monoisotopic (exact) mass is 601 g/mol. The van der Waals surface area contributed by atoms with E-state index >= 15 is 0 Å². The second kappa shape index (κ2) is 12.6. The molecule has 0 spiro atoms. The number of benzene rings is 2. The molecule has 38 heavy (non-hydrogen) atoms. The summed E-state index contributed by atoms with van der Waals surface area (Å²) in [6.45, 7) is 11.1. The van der Waals surface area contributed by atoms with Crippen LogP contribution in [0.2, 0.25) is 0 Å². The summed E-state index contributed by atoms with van der Waals surface area (Å²) in [6.07, 6.45) is 0. The van der Waals surface area contributed by atoms with E-state index in [2.05, 4.69) is 31.5 Å². The molecule has 2 aromatic carbocycles. The molecule has 1 amide bonds. The number of ether oxygens (including phenoxy) is 3. The number of hydrogen-bond donors (Lipinski definition) is 2. The Morgan fingerprint density at radius 2 is 1.79 bits per heavy atom. The van der Waals surface area contributed by atoms with Crippen molar-refractivity contribution in [3.63, 3.8) is 0 Å². The van der Waals surface area contributed by atoms with E-state index in [0.717, 1.165) is 15.8 Å². The Bertz CT molecular complexity index is 1340. The van der Waals surface area contributed by atoms with Crippen LogP contribution in [0.1, 0.15) is 46.2 Å². The molecule has 1 aromatic heterocycles. The lowest BCUT2D eigenvalue weighted by molar-refractivity contribution is -0.113. The first-order valence-corrected chi connectivity index (χ1v) is 14.4. The summed E-state index contributed by atoms with van der Waals surface area (Å²) >= 11 is 5.19. The number of nitrogens with one attached hydrogen (secondary N) is 2. The average Bonchev–Trinajstić information content (AvgIpc) is 3.28. The van der Waals surface area contributed by atoms with Gasteiger partial charge in [-0.2, -0.15) is 4.98 Å². The number of nitrogens with zero attached hydrogens (tertiary/aromatic N) is 3. The number of aromatic nitrogens is 3. The van der Waals surface area contributed by atoms with Gasteiger partial charge in [-0.25, -0.2) is 4.68 Å². The maximum absolute atomic E-state index is 13.9. The fraction of sp³-hybridized carbons (Fsp3) is 0.370. The molecule has 2 N–H and O–H groups in total. The first-order chi connectivity index (χ1) is 18.4. The normalized spacial score (nSPS) is 14.5. The van der Waals surface area contributed by atoms with E-state index < -0.39 is 6.04 Å². The minimum absolute atomic E-state index is 0.277. The summed E-state index contributed by atoms with van der Waals surface area (Å²) in [5.41, 5.74) is 2.57. The Balaban J connectivity index is 1.84. The van der Waals surface area contributed by atoms with Gasteiger partial charge in [-0.05, 0) is 79.2 Å². The second-order valence-corrected chi connectivity index (χ2v) is 10.3. The number of rotatable bonds is 11. The van der Waals surface area contributed by atoms with Crippen molar-refractivity contribution in [2.24, 2.45) is 0 Å². The van der Waals surface area contributed by atoms with Crippen molar-refractivity contribution in [3.05, 3.63) is 57.7 Å². The molecule has 9 nitrogen and oxygen atoms in total. The quantitative estimate of drug-likeness (QED) is 0.248. The Kier molecular flexibility index (Phi) is 9.22. The Morgan fingerprint density at radius 3 is 2.50 bits per heavy atom. The summed E-state index contributed by atoms with van der Waals surface area (Å²) in [6, 6.07) is 10.7. The van der Waals surface area contributed by atoms with Gasteiger partial charge in [-0.1, -0.05) is 30.8 Å². The lowest BCUT2D eigenvalue weighted by Crippen LogP contribution is -2.31. The van der Waals surface area contributed by atoms with E-state index in [0.29, 0.717) is 65.1 Å². The number of hydrogen-bond acceptors (Lipinski definition) is 8. The number of carbonyl (C=O) groups is 1. The molecule has 2 heterocycles. The summed E-state index contributed by atoms with van der Waals surface area (Å²) in [7, 11) is 0. The van der Waals surface area contributed by atoms with E-state index in [1.54, 1.807) is 4.68 Å². The van der Waals surface area contributed by atoms with Gasteiger partial charge in [0, 0.05) is 5.70 Å². The van der Waals surface area contributed by atoms with Gasteiger partial charge in [-0.15, -0.1) is 5.10 Å². The van der Waals surface area contributed by atoms with Gasteiger partial charge in [0.05, 0.1) is 35.6 Å². The Morgan fingerprint density at radius 1 is 1.08 bits per heavy atom. The average molecular weight is 603 g/mol. The zero-order valence-corrected chi connectivity index (χ0v) is 24.5. The minimum Gasteiger partial charge on any atom is -0.492 e. The lowest BCUT2D eigenvalue weighted by atomic mass is 9.94. The molecule has 0 radical (unpaired) electrons. The van der Waals surface area contributed by atoms with Crippen molar-refractivity contribution < 1.29 is 19.0 Å². The Hall–Kier alpha value is -3.18. The van der Waals surface area contributed by atoms with Gasteiger partial charge in [0.15, 0.2) is 11.5 Å². The fourth-order valence-electron chi connectivity index (χ4n) is 4.26. The fourth-order valence-corrected chi connectivity index (χ4v) is 5.39. The molecule has 4 rings (SSSR count). The molecular weight excluding hydrogens is 570 g/mol. The third-order valence-corrected chi connectivity index (χ3v) is 7.03. The highest BCUT2D eigenvalue weighted by Gasteiger charge is 2.35. The van der Waals surface area contributed by atoms with Gasteiger partial charge in [0.25, 0.3) is 5.91 Å². The van der Waals surface area contributed by atoms with Crippen LogP contribution in [-0.2, 0) is 4.79 Å². The third kappa shape index (κ3) is 5.78. The van der Waals surface area contributed by atoms with Gasteiger partial charge in [0.2, 0.25) is 11.1 Å². The SMILES string of the molecule is CCOc1ccccc1NC(=O)C1=C(C)Nc2nc(SCC)nn2C1c1cc(Br)c(OCC)c(OCC)c1. The summed E-state index contributed by atoms with van der Waals surface area (Å²) in [5, 5.41) is 11.7. The number of fused-ring (bicyclic) bond motifs is 1. The summed E-state index contributed by atoms with van der Waals surface area (Å²) in [5.74, 6) is 2.92. The Labute approximate surface area is 235 Å². The summed E-state index contributed by atoms with van der Waals surface area (Å²) in [4.78, 5) is 18.6. The molecule has 1 aliphatic rings. The maximum Gasteiger partial charge on any atom is 0.255 e. The predicted molar refractivity (Wildman–Crippen MR) is 154 cm³/mol. The van der Waals surface area contributed by atoms with Crippen molar-refractivity contribution >= 4 is 45.2 Å². The van der Waals surface area contributed by atoms with E-state index in [1.807, 2.05) is 71.0 Å². The van der Waals surface area contributed by atoms with E-state index in [4.69, 9.17) is 19.3 Å². The van der Waals surface area contributed by atoms with Crippen molar-refractivity contribution in [2.75, 3.05) is 36.2 Å². The molecule has 0 bridgehead atoms. The van der Waals surface area contributed by atoms with Crippen LogP contribution < -0.4 is 24.8 Å². The van der Waals surface area contributed by atoms with Gasteiger partial charge in [-0.3, -0.25) is 4.79 Å². The zero-order valence-electron chi connectivity index (χ0n) is 22.1. The molecule has 0 aliphatic carbocycles. The number of halogens is 1. The van der Waals surface area contributed by atoms with Crippen LogP contribution in [-0.4, -0.2) is 46.2 Å². The molecule has 11 heteroatoms. The number of para-hydroxylation sites is 2. The predicted octanol–water partition coefficient (Wildman–Crippen LogP) is 6.28. The number of thioether (sulfide) groups is 1. The second-order valence-electron chi connectivity index (χ2n) is 8.24. The zero-order chi connectivity index (χ0) is 27.2. The molecular formula is C27H32BrN5O4S. The molecule has 0 saturated heterocycles. The van der Waals surface area contributed by atoms with Crippen LogP contribution >= 0.6 is 27.7 Å². The van der Waals surface area contributed by atoms with Gasteiger partial charge >= 0.3 is 0 Å². The van der Waals surface area contributed by atoms with Crippen LogP contribution in [0.5, 0.6) is 17.2 Å². The molecule has 3 aromatic rings. The maximum atomic E-state index is 13.9. The highest BCUT2D eigenvalue weighted by atomic mass is 79.9. The van der Waals surface area contributed by atoms with Gasteiger partial charge in [0.1, 0.15) is 11.8 Å². The molecule has 1 atom stereocenters. The van der Waals surface area contributed by atoms with Crippen molar-refractivity contribution in [1.29, 1.82) is 0 Å². The van der Waals surface area contributed by atoms with E-state index in [-0.39, 0.29) is 5.91 Å². The van der Waals surface area contributed by atoms with Gasteiger partial charge < -0.3 is 24.8 Å². The van der Waals surface area contributed by atoms with Crippen LogP contribution in [0.15, 0.2) is 57.3 Å². The standard InChI is InChI=1S/C27H32BrN5O4S/c1-6-35-20-13-11-10-12-19(20)30-25(34)22-16(5)29-26-31-27(38-9-4)32-33(26)23(22)17-14-18(28)24(37-8-3)21(15-17)36-7-2/h10-15,23H,6-9H2,1-5H3,(H,30,34)(H,29,31,32). The lowest BCUT2D eigenvalue weighted by Gasteiger charge is -2.29. The third-order valence-electron chi connectivity index (χ3n) is 5.72. The number of amides is 1. The van der Waals surface area contributed by atoms with Crippen LogP contribution in [0.4, 0.5) is 11.6 Å². The molecule has 202 valence electrons. The largest absolute Gasteiger partial charge is 0.492 e. The first kappa shape index (κ1) is 27.8. The topological polar surface area (TPSA) is 99.5 Å².